The average molecular weight is 547 g/mol. The van der Waals surface area contributed by atoms with Gasteiger partial charge in [0.05, 0.1) is 18.4 Å². The number of rotatable bonds is 6. The van der Waals surface area contributed by atoms with Crippen molar-refractivity contribution in [1.82, 2.24) is 29.8 Å². The van der Waals surface area contributed by atoms with Gasteiger partial charge in [-0.3, -0.25) is 4.68 Å². The number of nitrogens with one attached hydrogen (secondary N) is 1. The number of para-hydroxylation sites is 1. The van der Waals surface area contributed by atoms with E-state index >= 15 is 0 Å². The van der Waals surface area contributed by atoms with Gasteiger partial charge in [0.2, 0.25) is 0 Å². The number of aryl methyl sites for hydroxylation is 1. The van der Waals surface area contributed by atoms with Gasteiger partial charge in [-0.05, 0) is 19.1 Å². The number of guanidine groups is 1. The Morgan fingerprint density at radius 3 is 2.55 bits per heavy atom. The van der Waals surface area contributed by atoms with E-state index < -0.39 is 11.9 Å². The summed E-state index contributed by atoms with van der Waals surface area (Å²) in [6, 6.07) is 9.72. The molecule has 0 aliphatic heterocycles. The standard InChI is InChI=1S/C20H24F3N7.HI/c1-4-24-19(25-11-16-14-29(3)27-18(16)20(21,22)23)28(2)12-15-10-26-30(13-15)17-8-6-5-7-9-17;/h5-10,13-14H,4,11-12H2,1-3H3,(H,24,25);1H. The van der Waals surface area contributed by atoms with Crippen LogP contribution < -0.4 is 5.32 Å². The molecule has 1 N–H and O–H groups in total. The Balaban J connectivity index is 0.00000341. The normalized spacial score (nSPS) is 11.9. The molecule has 0 atom stereocenters. The van der Waals surface area contributed by atoms with Gasteiger partial charge in [0.25, 0.3) is 0 Å². The van der Waals surface area contributed by atoms with Crippen LogP contribution in [0.4, 0.5) is 13.2 Å². The molecular weight excluding hydrogens is 522 g/mol. The quantitative estimate of drug-likeness (QED) is 0.290. The van der Waals surface area contributed by atoms with Crippen LogP contribution in [0, 0.1) is 0 Å². The molecule has 0 amide bonds. The molecule has 11 heteroatoms. The minimum Gasteiger partial charge on any atom is -0.357 e. The van der Waals surface area contributed by atoms with Crippen molar-refractivity contribution in [3.8, 4) is 5.69 Å². The van der Waals surface area contributed by atoms with Crippen molar-refractivity contribution in [2.75, 3.05) is 13.6 Å². The highest BCUT2D eigenvalue weighted by atomic mass is 127. The first-order valence-corrected chi connectivity index (χ1v) is 9.46. The summed E-state index contributed by atoms with van der Waals surface area (Å²) >= 11 is 0. The van der Waals surface area contributed by atoms with Crippen LogP contribution >= 0.6 is 24.0 Å². The number of alkyl halides is 3. The van der Waals surface area contributed by atoms with Crippen LogP contribution in [0.2, 0.25) is 0 Å². The van der Waals surface area contributed by atoms with E-state index in [0.29, 0.717) is 19.0 Å². The number of hydrogen-bond donors (Lipinski definition) is 1. The maximum atomic E-state index is 13.2. The van der Waals surface area contributed by atoms with Gasteiger partial charge in [0.1, 0.15) is 0 Å². The zero-order valence-corrected chi connectivity index (χ0v) is 19.8. The minimum atomic E-state index is -4.51. The molecule has 0 aliphatic carbocycles. The van der Waals surface area contributed by atoms with E-state index in [2.05, 4.69) is 20.5 Å². The van der Waals surface area contributed by atoms with Crippen molar-refractivity contribution in [2.45, 2.75) is 26.2 Å². The predicted molar refractivity (Wildman–Crippen MR) is 123 cm³/mol. The van der Waals surface area contributed by atoms with Gasteiger partial charge in [-0.1, -0.05) is 18.2 Å². The fraction of sp³-hybridized carbons (Fsp3) is 0.350. The van der Waals surface area contributed by atoms with E-state index in [9.17, 15) is 13.2 Å². The van der Waals surface area contributed by atoms with Crippen LogP contribution in [0.1, 0.15) is 23.7 Å². The second-order valence-corrected chi connectivity index (χ2v) is 6.83. The molecule has 0 aliphatic rings. The molecule has 0 radical (unpaired) electrons. The van der Waals surface area contributed by atoms with Gasteiger partial charge in [0.15, 0.2) is 11.7 Å². The Kier molecular flexibility index (Phi) is 8.48. The number of hydrogen-bond acceptors (Lipinski definition) is 3. The molecule has 0 fully saturated rings. The molecule has 2 aromatic heterocycles. The molecule has 0 saturated heterocycles. The molecule has 0 saturated carbocycles. The van der Waals surface area contributed by atoms with Gasteiger partial charge in [-0.15, -0.1) is 24.0 Å². The van der Waals surface area contributed by atoms with Gasteiger partial charge in [-0.25, -0.2) is 9.67 Å². The van der Waals surface area contributed by atoms with E-state index in [4.69, 9.17) is 0 Å². The van der Waals surface area contributed by atoms with Crippen LogP contribution in [0.25, 0.3) is 5.69 Å². The average Bonchev–Trinajstić information content (AvgIpc) is 3.32. The molecule has 0 bridgehead atoms. The van der Waals surface area contributed by atoms with Crippen LogP contribution in [0.5, 0.6) is 0 Å². The van der Waals surface area contributed by atoms with Crippen molar-refractivity contribution in [3.63, 3.8) is 0 Å². The Bertz CT molecular complexity index is 996. The van der Waals surface area contributed by atoms with E-state index in [-0.39, 0.29) is 36.1 Å². The fourth-order valence-corrected chi connectivity index (χ4v) is 3.03. The highest BCUT2D eigenvalue weighted by molar-refractivity contribution is 14.0. The second-order valence-electron chi connectivity index (χ2n) is 6.83. The lowest BCUT2D eigenvalue weighted by molar-refractivity contribution is -0.142. The van der Waals surface area contributed by atoms with E-state index in [0.717, 1.165) is 15.9 Å². The van der Waals surface area contributed by atoms with Crippen molar-refractivity contribution in [3.05, 3.63) is 65.7 Å². The topological polar surface area (TPSA) is 63.3 Å². The number of aromatic nitrogens is 4. The molecule has 0 unspecified atom stereocenters. The Labute approximate surface area is 196 Å². The molecule has 3 aromatic rings. The highest BCUT2D eigenvalue weighted by Crippen LogP contribution is 2.30. The summed E-state index contributed by atoms with van der Waals surface area (Å²) in [6.45, 7) is 2.87. The van der Waals surface area contributed by atoms with E-state index in [1.54, 1.807) is 10.9 Å². The van der Waals surface area contributed by atoms with Crippen molar-refractivity contribution in [2.24, 2.45) is 12.0 Å². The molecule has 0 spiro atoms. The third-order valence-electron chi connectivity index (χ3n) is 4.35. The molecule has 2 heterocycles. The number of benzene rings is 1. The maximum absolute atomic E-state index is 13.2. The van der Waals surface area contributed by atoms with Crippen LogP contribution in [-0.4, -0.2) is 44.0 Å². The predicted octanol–water partition coefficient (Wildman–Crippen LogP) is 3.84. The number of nitrogens with zero attached hydrogens (tertiary/aromatic N) is 6. The lowest BCUT2D eigenvalue weighted by Crippen LogP contribution is -2.38. The summed E-state index contributed by atoms with van der Waals surface area (Å²) in [6.07, 6.45) is 0.510. The van der Waals surface area contributed by atoms with Crippen LogP contribution in [0.15, 0.2) is 53.9 Å². The highest BCUT2D eigenvalue weighted by Gasteiger charge is 2.36. The third kappa shape index (κ3) is 6.45. The van der Waals surface area contributed by atoms with Crippen LogP contribution in [-0.2, 0) is 26.3 Å². The Morgan fingerprint density at radius 1 is 1.19 bits per heavy atom. The summed E-state index contributed by atoms with van der Waals surface area (Å²) in [5, 5.41) is 11.0. The molecule has 168 valence electrons. The third-order valence-corrected chi connectivity index (χ3v) is 4.35. The number of aliphatic imine (C=N–C) groups is 1. The smallest absolute Gasteiger partial charge is 0.357 e. The Morgan fingerprint density at radius 2 is 1.90 bits per heavy atom. The van der Waals surface area contributed by atoms with Crippen molar-refractivity contribution < 1.29 is 13.2 Å². The zero-order chi connectivity index (χ0) is 21.7. The van der Waals surface area contributed by atoms with E-state index in [1.165, 1.54) is 13.2 Å². The summed E-state index contributed by atoms with van der Waals surface area (Å²) < 4.78 is 42.4. The zero-order valence-electron chi connectivity index (χ0n) is 17.5. The summed E-state index contributed by atoms with van der Waals surface area (Å²) in [4.78, 5) is 6.23. The minimum absolute atomic E-state index is 0. The summed E-state index contributed by atoms with van der Waals surface area (Å²) in [5.74, 6) is 0.502. The lowest BCUT2D eigenvalue weighted by atomic mass is 10.2. The largest absolute Gasteiger partial charge is 0.435 e. The SMILES string of the molecule is CCNC(=NCc1cn(C)nc1C(F)(F)F)N(C)Cc1cnn(-c2ccccc2)c1.I. The van der Waals surface area contributed by atoms with E-state index in [1.807, 2.05) is 55.4 Å². The molecule has 1 aromatic carbocycles. The summed E-state index contributed by atoms with van der Waals surface area (Å²) in [5.41, 5.74) is 1.02. The van der Waals surface area contributed by atoms with Crippen molar-refractivity contribution >= 4 is 29.9 Å². The fourth-order valence-electron chi connectivity index (χ4n) is 3.03. The Hall–Kier alpha value is -2.57. The monoisotopic (exact) mass is 547 g/mol. The van der Waals surface area contributed by atoms with Crippen LogP contribution in [0.3, 0.4) is 0 Å². The number of halogens is 4. The van der Waals surface area contributed by atoms with Gasteiger partial charge in [0, 0.05) is 50.7 Å². The molecule has 31 heavy (non-hydrogen) atoms. The van der Waals surface area contributed by atoms with Gasteiger partial charge in [-0.2, -0.15) is 23.4 Å². The maximum Gasteiger partial charge on any atom is 0.435 e. The van der Waals surface area contributed by atoms with Crippen molar-refractivity contribution in [1.29, 1.82) is 0 Å². The molecular formula is C20H25F3IN7. The molecule has 7 nitrogen and oxygen atoms in total. The second kappa shape index (κ2) is 10.6. The first-order valence-electron chi connectivity index (χ1n) is 9.46. The molecule has 3 rings (SSSR count). The van der Waals surface area contributed by atoms with Gasteiger partial charge >= 0.3 is 6.18 Å². The first kappa shape index (κ1) is 24.7. The summed E-state index contributed by atoms with van der Waals surface area (Å²) in [7, 11) is 3.29. The lowest BCUT2D eigenvalue weighted by Gasteiger charge is -2.21. The van der Waals surface area contributed by atoms with Gasteiger partial charge < -0.3 is 10.2 Å². The first-order chi connectivity index (χ1) is 14.3.